The lowest BCUT2D eigenvalue weighted by Gasteiger charge is -2.33. The van der Waals surface area contributed by atoms with Gasteiger partial charge in [0.25, 0.3) is 0 Å². The smallest absolute Gasteiger partial charge is 0.157 e. The molecule has 0 rings (SSSR count). The normalized spacial score (nSPS) is 12.7. The van der Waals surface area contributed by atoms with Crippen LogP contribution in [-0.4, -0.2) is 127 Å². The molecule has 0 saturated heterocycles. The maximum atomic E-state index is 8.95. The minimum absolute atomic E-state index is 0. The third kappa shape index (κ3) is 50.3. The first kappa shape index (κ1) is 62.5. The Bertz CT molecular complexity index is 865. The first-order valence-corrected chi connectivity index (χ1v) is 25.4. The number of allylic oxidation sites excluding steroid dienone is 4. The molecule has 0 spiro atoms. The van der Waals surface area contributed by atoms with Gasteiger partial charge in [0, 0.05) is 13.2 Å². The van der Waals surface area contributed by atoms with Crippen LogP contribution in [0.5, 0.6) is 0 Å². The largest absolute Gasteiger partial charge is 1.00 e. The number of likely N-dealkylation sites (N-methyl/N-ethyl adjacent to an activating group) is 1. The average Bonchev–Trinajstić information content (AvgIpc) is 3.24. The Hall–Kier alpha value is -0.590. The summed E-state index contributed by atoms with van der Waals surface area (Å²) in [6, 6.07) is 0. The van der Waals surface area contributed by atoms with Crippen molar-refractivity contribution in [2.75, 3.05) is 99.9 Å². The lowest BCUT2D eigenvalue weighted by molar-refractivity contribution is -0.893. The summed E-state index contributed by atoms with van der Waals surface area (Å²) >= 11 is 0. The van der Waals surface area contributed by atoms with Crippen LogP contribution >= 0.6 is 0 Å². The van der Waals surface area contributed by atoms with Gasteiger partial charge in [-0.25, -0.2) is 0 Å². The van der Waals surface area contributed by atoms with Crippen LogP contribution in [0.4, 0.5) is 0 Å². The summed E-state index contributed by atoms with van der Waals surface area (Å²) < 4.78 is 36.3. The summed E-state index contributed by atoms with van der Waals surface area (Å²) in [5, 5.41) is 17.9. The van der Waals surface area contributed by atoms with Gasteiger partial charge in [0.1, 0.15) is 12.6 Å². The Balaban J connectivity index is 0. The molecule has 0 fully saturated rings. The molecule has 0 saturated carbocycles. The van der Waals surface area contributed by atoms with E-state index in [-0.39, 0.29) is 38.0 Å². The maximum Gasteiger partial charge on any atom is 0.157 e. The standard InChI is InChI=1S/C51H102NO8.ClH/c1-5-7-9-11-13-15-17-19-21-23-25-27-29-34-40-57-49-50(58-41-35-30-28-26-24-22-20-18-16-14-12-10-8-6-2)48-52(3,4)37-33-31-32-36-51(59-46-44-55-42-38-53)60-47-45-56-43-39-54;/h11-14,50-51,53-54H,5-10,15-49H2,1-4H3;1H/q+1;/p-1/b13-11-,14-12-;. The van der Waals surface area contributed by atoms with Crippen LogP contribution in [0.1, 0.15) is 194 Å². The molecule has 0 aliphatic heterocycles. The van der Waals surface area contributed by atoms with Gasteiger partial charge >= 0.3 is 0 Å². The number of nitrogens with zero attached hydrogens (tertiary/aromatic N) is 1. The Labute approximate surface area is 384 Å². The number of ether oxygens (including phenoxy) is 6. The van der Waals surface area contributed by atoms with E-state index < -0.39 is 0 Å². The van der Waals surface area contributed by atoms with E-state index in [1.807, 2.05) is 0 Å². The first-order valence-electron chi connectivity index (χ1n) is 25.4. The van der Waals surface area contributed by atoms with Crippen LogP contribution in [-0.2, 0) is 28.4 Å². The van der Waals surface area contributed by atoms with Gasteiger partial charge in [-0.05, 0) is 77.0 Å². The number of hydrogen-bond acceptors (Lipinski definition) is 8. The summed E-state index contributed by atoms with van der Waals surface area (Å²) in [7, 11) is 4.66. The third-order valence-corrected chi connectivity index (χ3v) is 11.0. The van der Waals surface area contributed by atoms with E-state index in [0.29, 0.717) is 46.2 Å². The minimum atomic E-state index is -0.317. The molecular weight excluding hydrogens is 790 g/mol. The zero-order chi connectivity index (χ0) is 43.7. The van der Waals surface area contributed by atoms with Gasteiger partial charge in [0.05, 0.1) is 80.1 Å². The molecule has 0 radical (unpaired) electrons. The Kier molecular flexibility index (Phi) is 53.3. The van der Waals surface area contributed by atoms with Crippen LogP contribution in [0.2, 0.25) is 0 Å². The Morgan fingerprint density at radius 3 is 1.33 bits per heavy atom. The van der Waals surface area contributed by atoms with Crippen molar-refractivity contribution >= 4 is 0 Å². The molecule has 61 heavy (non-hydrogen) atoms. The molecule has 366 valence electrons. The monoisotopic (exact) mass is 892 g/mol. The molecule has 1 atom stereocenters. The van der Waals surface area contributed by atoms with Crippen molar-refractivity contribution in [3.05, 3.63) is 24.3 Å². The lowest BCUT2D eigenvalue weighted by Crippen LogP contribution is -3.00. The summed E-state index contributed by atoms with van der Waals surface area (Å²) in [5.41, 5.74) is 0. The second kappa shape index (κ2) is 52.0. The molecule has 0 bridgehead atoms. The molecule has 1 unspecified atom stereocenters. The predicted molar refractivity (Wildman–Crippen MR) is 253 cm³/mol. The van der Waals surface area contributed by atoms with E-state index >= 15 is 0 Å². The maximum absolute atomic E-state index is 8.95. The van der Waals surface area contributed by atoms with Crippen molar-refractivity contribution in [2.24, 2.45) is 0 Å². The van der Waals surface area contributed by atoms with Gasteiger partial charge in [-0.15, -0.1) is 0 Å². The van der Waals surface area contributed by atoms with Crippen molar-refractivity contribution in [3.63, 3.8) is 0 Å². The quantitative estimate of drug-likeness (QED) is 0.0271. The van der Waals surface area contributed by atoms with Crippen molar-refractivity contribution in [1.29, 1.82) is 0 Å². The minimum Gasteiger partial charge on any atom is -1.00 e. The number of aliphatic hydroxyl groups is 2. The van der Waals surface area contributed by atoms with Crippen LogP contribution in [0.3, 0.4) is 0 Å². The zero-order valence-corrected chi connectivity index (χ0v) is 41.4. The van der Waals surface area contributed by atoms with E-state index in [1.165, 1.54) is 141 Å². The lowest BCUT2D eigenvalue weighted by atomic mass is 10.1. The summed E-state index contributed by atoms with van der Waals surface area (Å²) in [4.78, 5) is 0. The average molecular weight is 893 g/mol. The molecule has 0 aromatic carbocycles. The first-order chi connectivity index (χ1) is 29.5. The number of rotatable bonds is 51. The second-order valence-corrected chi connectivity index (χ2v) is 17.6. The highest BCUT2D eigenvalue weighted by Crippen LogP contribution is 2.15. The number of hydrogen-bond donors (Lipinski definition) is 2. The molecule has 0 aliphatic carbocycles. The van der Waals surface area contributed by atoms with Crippen LogP contribution < -0.4 is 12.4 Å². The van der Waals surface area contributed by atoms with Crippen molar-refractivity contribution in [2.45, 2.75) is 206 Å². The molecule has 0 aliphatic rings. The topological polar surface area (TPSA) is 95.8 Å². The van der Waals surface area contributed by atoms with Crippen LogP contribution in [0.15, 0.2) is 24.3 Å². The summed E-state index contributed by atoms with van der Waals surface area (Å²) in [5.74, 6) is 0. The van der Waals surface area contributed by atoms with Gasteiger partial charge in [-0.1, -0.05) is 141 Å². The van der Waals surface area contributed by atoms with Crippen LogP contribution in [0, 0.1) is 0 Å². The van der Waals surface area contributed by atoms with E-state index in [1.54, 1.807) is 0 Å². The number of halogens is 1. The van der Waals surface area contributed by atoms with Gasteiger partial charge in [0.15, 0.2) is 6.29 Å². The van der Waals surface area contributed by atoms with Crippen molar-refractivity contribution < 1.29 is 55.5 Å². The van der Waals surface area contributed by atoms with Crippen molar-refractivity contribution in [1.82, 2.24) is 0 Å². The highest BCUT2D eigenvalue weighted by Gasteiger charge is 2.23. The van der Waals surface area contributed by atoms with Gasteiger partial charge in [-0.2, -0.15) is 0 Å². The molecule has 0 aromatic heterocycles. The molecule has 0 aromatic rings. The fraction of sp³-hybridized carbons (Fsp3) is 0.922. The molecular formula is C51H102ClNO8. The number of quaternary nitrogens is 1. The molecule has 0 heterocycles. The van der Waals surface area contributed by atoms with Gasteiger partial charge in [-0.3, -0.25) is 0 Å². The van der Waals surface area contributed by atoms with E-state index in [2.05, 4.69) is 52.2 Å². The summed E-state index contributed by atoms with van der Waals surface area (Å²) in [6.07, 6.45) is 44.6. The number of unbranched alkanes of at least 4 members (excludes halogenated alkanes) is 22. The SMILES string of the molecule is CCCC/C=C\CCCCCCCCCCOCC(C[N+](C)(C)CCCCCC(OCCOCCO)OCCOCCO)OCCCCCCCCCC/C=C\CCCC.[Cl-]. The van der Waals surface area contributed by atoms with Gasteiger partial charge < -0.3 is 55.5 Å². The van der Waals surface area contributed by atoms with E-state index in [9.17, 15) is 0 Å². The van der Waals surface area contributed by atoms with E-state index in [4.69, 9.17) is 38.6 Å². The summed E-state index contributed by atoms with van der Waals surface area (Å²) in [6.45, 7) is 11.2. The Morgan fingerprint density at radius 1 is 0.426 bits per heavy atom. The fourth-order valence-electron chi connectivity index (χ4n) is 7.38. The molecule has 10 heteroatoms. The van der Waals surface area contributed by atoms with E-state index in [0.717, 1.165) is 69.3 Å². The highest BCUT2D eigenvalue weighted by molar-refractivity contribution is 4.81. The molecule has 9 nitrogen and oxygen atoms in total. The fourth-order valence-corrected chi connectivity index (χ4v) is 7.38. The highest BCUT2D eigenvalue weighted by atomic mass is 35.5. The van der Waals surface area contributed by atoms with Crippen LogP contribution in [0.25, 0.3) is 0 Å². The van der Waals surface area contributed by atoms with Crippen molar-refractivity contribution in [3.8, 4) is 0 Å². The predicted octanol–water partition coefficient (Wildman–Crippen LogP) is 8.92. The third-order valence-electron chi connectivity index (χ3n) is 11.0. The Morgan fingerprint density at radius 2 is 0.852 bits per heavy atom. The second-order valence-electron chi connectivity index (χ2n) is 17.6. The zero-order valence-electron chi connectivity index (χ0n) is 40.6. The number of aliphatic hydroxyl groups excluding tert-OH is 2. The van der Waals surface area contributed by atoms with Gasteiger partial charge in [0.2, 0.25) is 0 Å². The molecule has 2 N–H and O–H groups in total. The molecule has 0 amide bonds.